The van der Waals surface area contributed by atoms with Gasteiger partial charge in [0.2, 0.25) is 0 Å². The third-order valence-electron chi connectivity index (χ3n) is 2.51. The molecular formula is C12H17N3O3. The molecule has 0 amide bonds. The van der Waals surface area contributed by atoms with E-state index >= 15 is 0 Å². The Hall–Kier alpha value is -1.95. The van der Waals surface area contributed by atoms with E-state index in [-0.39, 0.29) is 11.8 Å². The van der Waals surface area contributed by atoms with Crippen LogP contribution >= 0.6 is 0 Å². The lowest BCUT2D eigenvalue weighted by Gasteiger charge is -2.16. The van der Waals surface area contributed by atoms with Crippen molar-refractivity contribution in [3.05, 3.63) is 47.3 Å². The van der Waals surface area contributed by atoms with Gasteiger partial charge in [0.1, 0.15) is 18.0 Å². The number of allylic oxidation sites excluding steroid dienone is 1. The van der Waals surface area contributed by atoms with Crippen molar-refractivity contribution in [3.8, 4) is 0 Å². The molecule has 0 aliphatic heterocycles. The Morgan fingerprint density at radius 3 is 2.89 bits per heavy atom. The maximum absolute atomic E-state index is 10.9. The van der Waals surface area contributed by atoms with E-state index in [0.29, 0.717) is 25.1 Å². The van der Waals surface area contributed by atoms with Gasteiger partial charge in [-0.25, -0.2) is 0 Å². The van der Waals surface area contributed by atoms with E-state index in [2.05, 4.69) is 18.3 Å². The van der Waals surface area contributed by atoms with Crippen LogP contribution in [0.3, 0.4) is 0 Å². The van der Waals surface area contributed by atoms with Crippen LogP contribution in [-0.4, -0.2) is 21.3 Å². The molecule has 0 bridgehead atoms. The van der Waals surface area contributed by atoms with Crippen LogP contribution in [-0.2, 0) is 11.8 Å². The first-order valence-corrected chi connectivity index (χ1v) is 5.61. The molecule has 1 aromatic rings. The Labute approximate surface area is 106 Å². The summed E-state index contributed by atoms with van der Waals surface area (Å²) < 4.78 is 7.06. The van der Waals surface area contributed by atoms with E-state index in [1.54, 1.807) is 19.2 Å². The van der Waals surface area contributed by atoms with Crippen molar-refractivity contribution in [2.24, 2.45) is 7.05 Å². The molecule has 6 nitrogen and oxygen atoms in total. The predicted molar refractivity (Wildman–Crippen MR) is 68.2 cm³/mol. The molecule has 0 radical (unpaired) electrons. The Balaban J connectivity index is 3.01. The van der Waals surface area contributed by atoms with Gasteiger partial charge < -0.3 is 4.74 Å². The minimum atomic E-state index is -0.444. The molecule has 0 spiro atoms. The monoisotopic (exact) mass is 251 g/mol. The first-order valence-electron chi connectivity index (χ1n) is 5.61. The quantitative estimate of drug-likeness (QED) is 0.404. The largest absolute Gasteiger partial charge is 0.368 e. The van der Waals surface area contributed by atoms with E-state index in [1.807, 2.05) is 0 Å². The topological polar surface area (TPSA) is 70.2 Å². The van der Waals surface area contributed by atoms with Crippen LogP contribution in [0.1, 0.15) is 24.6 Å². The summed E-state index contributed by atoms with van der Waals surface area (Å²) in [5, 5.41) is 14.9. The second kappa shape index (κ2) is 6.70. The number of nitrogens with zero attached hydrogens (tertiary/aromatic N) is 3. The van der Waals surface area contributed by atoms with Gasteiger partial charge in [0.15, 0.2) is 0 Å². The van der Waals surface area contributed by atoms with Gasteiger partial charge in [-0.2, -0.15) is 5.10 Å². The number of hydrogen-bond acceptors (Lipinski definition) is 4. The molecule has 6 heteroatoms. The molecular weight excluding hydrogens is 234 g/mol. The fraction of sp³-hybridized carbons (Fsp3) is 0.417. The molecule has 18 heavy (non-hydrogen) atoms. The average Bonchev–Trinajstić information content (AvgIpc) is 2.72. The van der Waals surface area contributed by atoms with Crippen LogP contribution < -0.4 is 0 Å². The highest BCUT2D eigenvalue weighted by Crippen LogP contribution is 2.30. The standard InChI is InChI=1S/C12H17N3O3/c1-4-6-7-11(18-8-5-2)12-10(15(16)17)9-13-14(12)3/h4-5,9,11H,1-2,6-8H2,3H3. The second-order valence-corrected chi connectivity index (χ2v) is 3.77. The molecule has 0 N–H and O–H groups in total. The molecule has 0 saturated heterocycles. The van der Waals surface area contributed by atoms with Gasteiger partial charge in [-0.3, -0.25) is 14.8 Å². The number of hydrogen-bond donors (Lipinski definition) is 0. The molecule has 0 fully saturated rings. The van der Waals surface area contributed by atoms with E-state index in [0.717, 1.165) is 0 Å². The summed E-state index contributed by atoms with van der Waals surface area (Å²) in [5.74, 6) is 0. The summed E-state index contributed by atoms with van der Waals surface area (Å²) in [6.07, 6.45) is 5.57. The molecule has 98 valence electrons. The Morgan fingerprint density at radius 2 is 2.33 bits per heavy atom. The zero-order chi connectivity index (χ0) is 13.5. The Kier molecular flexibility index (Phi) is 5.26. The molecule has 0 aliphatic carbocycles. The molecule has 1 unspecified atom stereocenters. The first kappa shape index (κ1) is 14.1. The fourth-order valence-electron chi connectivity index (χ4n) is 1.70. The highest BCUT2D eigenvalue weighted by molar-refractivity contribution is 5.34. The van der Waals surface area contributed by atoms with Crippen molar-refractivity contribution in [1.29, 1.82) is 0 Å². The van der Waals surface area contributed by atoms with Crippen molar-refractivity contribution in [3.63, 3.8) is 0 Å². The summed E-state index contributed by atoms with van der Waals surface area (Å²) in [5.41, 5.74) is 0.458. The number of aromatic nitrogens is 2. The van der Waals surface area contributed by atoms with Gasteiger partial charge in [0.25, 0.3) is 0 Å². The second-order valence-electron chi connectivity index (χ2n) is 3.77. The molecule has 0 aliphatic rings. The van der Waals surface area contributed by atoms with Crippen molar-refractivity contribution >= 4 is 5.69 Å². The van der Waals surface area contributed by atoms with Crippen LogP contribution in [0.5, 0.6) is 0 Å². The van der Waals surface area contributed by atoms with Crippen LogP contribution in [0, 0.1) is 10.1 Å². The maximum atomic E-state index is 10.9. The molecule has 0 saturated carbocycles. The lowest BCUT2D eigenvalue weighted by Crippen LogP contribution is -2.11. The van der Waals surface area contributed by atoms with Crippen molar-refractivity contribution in [2.75, 3.05) is 6.61 Å². The van der Waals surface area contributed by atoms with Crippen molar-refractivity contribution in [1.82, 2.24) is 9.78 Å². The van der Waals surface area contributed by atoms with Gasteiger partial charge in [-0.05, 0) is 12.8 Å². The molecule has 1 heterocycles. The zero-order valence-electron chi connectivity index (χ0n) is 10.4. The van der Waals surface area contributed by atoms with Crippen LogP contribution in [0.4, 0.5) is 5.69 Å². The highest BCUT2D eigenvalue weighted by atomic mass is 16.6. The van der Waals surface area contributed by atoms with E-state index < -0.39 is 4.92 Å². The maximum Gasteiger partial charge on any atom is 0.312 e. The van der Waals surface area contributed by atoms with Gasteiger partial charge in [0.05, 0.1) is 11.5 Å². The van der Waals surface area contributed by atoms with Crippen LogP contribution in [0.2, 0.25) is 0 Å². The van der Waals surface area contributed by atoms with E-state index in [1.165, 1.54) is 10.9 Å². The third-order valence-corrected chi connectivity index (χ3v) is 2.51. The van der Waals surface area contributed by atoms with Crippen molar-refractivity contribution in [2.45, 2.75) is 18.9 Å². The van der Waals surface area contributed by atoms with E-state index in [9.17, 15) is 10.1 Å². The lowest BCUT2D eigenvalue weighted by molar-refractivity contribution is -0.386. The minimum Gasteiger partial charge on any atom is -0.368 e. The number of aryl methyl sites for hydroxylation is 1. The number of rotatable bonds is 8. The van der Waals surface area contributed by atoms with Gasteiger partial charge >= 0.3 is 5.69 Å². The Morgan fingerprint density at radius 1 is 1.61 bits per heavy atom. The predicted octanol–water partition coefficient (Wildman–Crippen LogP) is 2.54. The van der Waals surface area contributed by atoms with Crippen molar-refractivity contribution < 1.29 is 9.66 Å². The average molecular weight is 251 g/mol. The van der Waals surface area contributed by atoms with Crippen LogP contribution in [0.25, 0.3) is 0 Å². The summed E-state index contributed by atoms with van der Waals surface area (Å²) in [6, 6.07) is 0. The molecule has 1 aromatic heterocycles. The number of nitro groups is 1. The highest BCUT2D eigenvalue weighted by Gasteiger charge is 2.26. The van der Waals surface area contributed by atoms with Crippen LogP contribution in [0.15, 0.2) is 31.5 Å². The molecule has 1 atom stereocenters. The lowest BCUT2D eigenvalue weighted by atomic mass is 10.1. The van der Waals surface area contributed by atoms with Gasteiger partial charge in [0, 0.05) is 7.05 Å². The van der Waals surface area contributed by atoms with Gasteiger partial charge in [-0.15, -0.1) is 13.2 Å². The Bertz CT molecular complexity index is 428. The summed E-state index contributed by atoms with van der Waals surface area (Å²) in [4.78, 5) is 10.5. The normalized spacial score (nSPS) is 12.1. The zero-order valence-corrected chi connectivity index (χ0v) is 10.4. The molecule has 0 aromatic carbocycles. The number of ether oxygens (including phenoxy) is 1. The smallest absolute Gasteiger partial charge is 0.312 e. The third kappa shape index (κ3) is 3.27. The fourth-order valence-corrected chi connectivity index (χ4v) is 1.70. The SMILES string of the molecule is C=CCCC(OCC=C)c1c([N+](=O)[O-])cnn1C. The van der Waals surface area contributed by atoms with E-state index in [4.69, 9.17) is 4.74 Å². The summed E-state index contributed by atoms with van der Waals surface area (Å²) in [7, 11) is 1.67. The first-order chi connectivity index (χ1) is 8.61. The summed E-state index contributed by atoms with van der Waals surface area (Å²) >= 11 is 0. The van der Waals surface area contributed by atoms with Gasteiger partial charge in [-0.1, -0.05) is 12.2 Å². The molecule has 1 rings (SSSR count). The minimum absolute atomic E-state index is 0.0179. The summed E-state index contributed by atoms with van der Waals surface area (Å²) in [6.45, 7) is 7.55.